The van der Waals surface area contributed by atoms with Crippen molar-refractivity contribution in [3.05, 3.63) is 65.7 Å². The zero-order valence-electron chi connectivity index (χ0n) is 21.9. The van der Waals surface area contributed by atoms with Gasteiger partial charge in [-0.3, -0.25) is 9.88 Å². The molecule has 0 saturated carbocycles. The van der Waals surface area contributed by atoms with Crippen LogP contribution in [0.4, 0.5) is 19.0 Å². The number of nitrogens with zero attached hydrogens (tertiary/aromatic N) is 7. The number of aromatic nitrogens is 5. The standard InChI is InChI=1S/C27H30F3N7O2/c1-26(2,38)27(3,39)23-11-21-22(13-31-23)33-24(18-12-32-37(15-18)16-28)25(34-21)36-8-6-35(7-9-36)14-17-4-5-19(29)10-20(17)30/h4-5,10-13,15,38-39H,6-9,14,16H2,1-3H3. The molecule has 1 aromatic carbocycles. The molecule has 1 aliphatic heterocycles. The number of alkyl halides is 1. The van der Waals surface area contributed by atoms with Crippen molar-refractivity contribution in [3.8, 4) is 11.3 Å². The van der Waals surface area contributed by atoms with Crippen LogP contribution in [0.3, 0.4) is 0 Å². The lowest BCUT2D eigenvalue weighted by Crippen LogP contribution is -2.46. The molecule has 12 heteroatoms. The average Bonchev–Trinajstić information content (AvgIpc) is 3.38. The Morgan fingerprint density at radius 2 is 1.69 bits per heavy atom. The van der Waals surface area contributed by atoms with Gasteiger partial charge in [-0.2, -0.15) is 5.10 Å². The molecule has 4 heterocycles. The maximum absolute atomic E-state index is 14.2. The van der Waals surface area contributed by atoms with Crippen LogP contribution >= 0.6 is 0 Å². The van der Waals surface area contributed by atoms with Crippen LogP contribution in [0.5, 0.6) is 0 Å². The van der Waals surface area contributed by atoms with E-state index in [4.69, 9.17) is 9.97 Å². The van der Waals surface area contributed by atoms with E-state index in [2.05, 4.69) is 15.0 Å². The summed E-state index contributed by atoms with van der Waals surface area (Å²) < 4.78 is 41.9. The Bertz CT molecular complexity index is 1490. The molecule has 0 aliphatic carbocycles. The number of benzene rings is 1. The first kappa shape index (κ1) is 27.0. The van der Waals surface area contributed by atoms with E-state index in [1.165, 1.54) is 45.3 Å². The third-order valence-corrected chi connectivity index (χ3v) is 7.33. The molecule has 206 valence electrons. The molecule has 9 nitrogen and oxygen atoms in total. The van der Waals surface area contributed by atoms with Crippen LogP contribution in [0.15, 0.2) is 42.9 Å². The van der Waals surface area contributed by atoms with E-state index < -0.39 is 29.6 Å². The lowest BCUT2D eigenvalue weighted by molar-refractivity contribution is -0.127. The molecule has 0 amide bonds. The van der Waals surface area contributed by atoms with Crippen LogP contribution in [-0.2, 0) is 18.9 Å². The van der Waals surface area contributed by atoms with Crippen LogP contribution in [0.1, 0.15) is 32.0 Å². The van der Waals surface area contributed by atoms with Crippen molar-refractivity contribution < 1.29 is 23.4 Å². The number of anilines is 1. The lowest BCUT2D eigenvalue weighted by atomic mass is 9.84. The van der Waals surface area contributed by atoms with Crippen molar-refractivity contribution in [2.45, 2.75) is 45.3 Å². The van der Waals surface area contributed by atoms with Crippen molar-refractivity contribution >= 4 is 16.9 Å². The van der Waals surface area contributed by atoms with Gasteiger partial charge in [-0.05, 0) is 32.9 Å². The van der Waals surface area contributed by atoms with Gasteiger partial charge < -0.3 is 15.1 Å². The van der Waals surface area contributed by atoms with E-state index in [9.17, 15) is 23.4 Å². The Balaban J connectivity index is 1.48. The van der Waals surface area contributed by atoms with Crippen LogP contribution in [0.2, 0.25) is 0 Å². The third kappa shape index (κ3) is 5.32. The molecule has 39 heavy (non-hydrogen) atoms. The number of hydrogen-bond acceptors (Lipinski definition) is 8. The van der Waals surface area contributed by atoms with E-state index in [0.29, 0.717) is 66.4 Å². The van der Waals surface area contributed by atoms with Gasteiger partial charge in [0.15, 0.2) is 12.6 Å². The molecule has 1 fully saturated rings. The summed E-state index contributed by atoms with van der Waals surface area (Å²) in [5.41, 5.74) is -0.430. The van der Waals surface area contributed by atoms with Crippen LogP contribution in [0, 0.1) is 11.6 Å². The molecular formula is C27H30F3N7O2. The molecule has 2 N–H and O–H groups in total. The van der Waals surface area contributed by atoms with Crippen LogP contribution < -0.4 is 4.90 Å². The Morgan fingerprint density at radius 3 is 2.33 bits per heavy atom. The van der Waals surface area contributed by atoms with Crippen molar-refractivity contribution in [2.75, 3.05) is 31.1 Å². The monoisotopic (exact) mass is 541 g/mol. The molecule has 1 unspecified atom stereocenters. The van der Waals surface area contributed by atoms with Gasteiger partial charge >= 0.3 is 0 Å². The summed E-state index contributed by atoms with van der Waals surface area (Å²) in [4.78, 5) is 18.1. The third-order valence-electron chi connectivity index (χ3n) is 7.33. The highest BCUT2D eigenvalue weighted by Gasteiger charge is 2.40. The maximum Gasteiger partial charge on any atom is 0.181 e. The second-order valence-corrected chi connectivity index (χ2v) is 10.5. The molecule has 1 saturated heterocycles. The SMILES string of the molecule is CC(C)(O)C(C)(O)c1cc2nc(N3CCN(Cc4ccc(F)cc4F)CC3)c(-c3cnn(CF)c3)nc2cn1. The normalized spacial score (nSPS) is 16.6. The van der Waals surface area contributed by atoms with Crippen LogP contribution in [-0.4, -0.2) is 71.6 Å². The second-order valence-electron chi connectivity index (χ2n) is 10.5. The van der Waals surface area contributed by atoms with Gasteiger partial charge in [0.05, 0.1) is 29.2 Å². The number of pyridine rings is 1. The fraction of sp³-hybridized carbons (Fsp3) is 0.407. The summed E-state index contributed by atoms with van der Waals surface area (Å²) in [6, 6.07) is 5.20. The van der Waals surface area contributed by atoms with E-state index >= 15 is 0 Å². The zero-order chi connectivity index (χ0) is 27.9. The van der Waals surface area contributed by atoms with E-state index in [0.717, 1.165) is 10.7 Å². The summed E-state index contributed by atoms with van der Waals surface area (Å²) in [5, 5.41) is 25.5. The summed E-state index contributed by atoms with van der Waals surface area (Å²) in [5.74, 6) is -0.633. The van der Waals surface area contributed by atoms with Crippen molar-refractivity contribution in [1.29, 1.82) is 0 Å². The van der Waals surface area contributed by atoms with E-state index in [1.54, 1.807) is 12.3 Å². The van der Waals surface area contributed by atoms with Crippen molar-refractivity contribution in [2.24, 2.45) is 0 Å². The minimum absolute atomic E-state index is 0.242. The molecular weight excluding hydrogens is 511 g/mol. The van der Waals surface area contributed by atoms with Gasteiger partial charge in [0.25, 0.3) is 0 Å². The molecule has 0 bridgehead atoms. The predicted octanol–water partition coefficient (Wildman–Crippen LogP) is 3.39. The van der Waals surface area contributed by atoms with Gasteiger partial charge in [-0.15, -0.1) is 0 Å². The Hall–Kier alpha value is -3.61. The quantitative estimate of drug-likeness (QED) is 0.367. The minimum atomic E-state index is -1.65. The number of aliphatic hydroxyl groups is 2. The average molecular weight is 542 g/mol. The molecule has 4 aromatic rings. The molecule has 5 rings (SSSR count). The van der Waals surface area contributed by atoms with Crippen molar-refractivity contribution in [3.63, 3.8) is 0 Å². The van der Waals surface area contributed by atoms with Gasteiger partial charge in [0.1, 0.15) is 28.4 Å². The van der Waals surface area contributed by atoms with Gasteiger partial charge in [0, 0.05) is 56.1 Å². The zero-order valence-corrected chi connectivity index (χ0v) is 21.9. The number of rotatable bonds is 7. The predicted molar refractivity (Wildman–Crippen MR) is 139 cm³/mol. The largest absolute Gasteiger partial charge is 0.387 e. The first-order valence-corrected chi connectivity index (χ1v) is 12.6. The fourth-order valence-corrected chi connectivity index (χ4v) is 4.50. The summed E-state index contributed by atoms with van der Waals surface area (Å²) in [6.45, 7) is 6.32. The molecule has 0 spiro atoms. The number of piperazine rings is 1. The van der Waals surface area contributed by atoms with E-state index in [1.807, 2.05) is 4.90 Å². The molecule has 0 radical (unpaired) electrons. The second kappa shape index (κ2) is 10.2. The molecule has 3 aromatic heterocycles. The Morgan fingerprint density at radius 1 is 0.949 bits per heavy atom. The van der Waals surface area contributed by atoms with Gasteiger partial charge in [-0.25, -0.2) is 27.8 Å². The van der Waals surface area contributed by atoms with E-state index in [-0.39, 0.29) is 5.69 Å². The first-order chi connectivity index (χ1) is 18.5. The Kier molecular flexibility index (Phi) is 7.04. The first-order valence-electron chi connectivity index (χ1n) is 12.6. The summed E-state index contributed by atoms with van der Waals surface area (Å²) in [7, 11) is 0. The topological polar surface area (TPSA) is 103 Å². The number of fused-ring (bicyclic) bond motifs is 1. The highest BCUT2D eigenvalue weighted by atomic mass is 19.1. The van der Waals surface area contributed by atoms with Crippen LogP contribution in [0.25, 0.3) is 22.3 Å². The highest BCUT2D eigenvalue weighted by molar-refractivity contribution is 5.83. The Labute approximate surface area is 223 Å². The van der Waals surface area contributed by atoms with Gasteiger partial charge in [0.2, 0.25) is 0 Å². The molecule has 1 atom stereocenters. The summed E-state index contributed by atoms with van der Waals surface area (Å²) in [6.07, 6.45) is 4.56. The number of halogens is 3. The lowest BCUT2D eigenvalue weighted by Gasteiger charge is -2.36. The minimum Gasteiger partial charge on any atom is -0.387 e. The smallest absolute Gasteiger partial charge is 0.181 e. The maximum atomic E-state index is 14.2. The summed E-state index contributed by atoms with van der Waals surface area (Å²) >= 11 is 0. The molecule has 1 aliphatic rings. The van der Waals surface area contributed by atoms with Gasteiger partial charge in [-0.1, -0.05) is 6.07 Å². The highest BCUT2D eigenvalue weighted by Crippen LogP contribution is 2.34. The van der Waals surface area contributed by atoms with Crippen molar-refractivity contribution in [1.82, 2.24) is 29.6 Å². The fourth-order valence-electron chi connectivity index (χ4n) is 4.50. The number of hydrogen-bond donors (Lipinski definition) is 2.